The van der Waals surface area contributed by atoms with Gasteiger partial charge in [0.2, 0.25) is 0 Å². The van der Waals surface area contributed by atoms with Gasteiger partial charge >= 0.3 is 17.8 Å². The highest BCUT2D eigenvalue weighted by Crippen LogP contribution is 2.28. The first-order valence-corrected chi connectivity index (χ1v) is 10.5. The summed E-state index contributed by atoms with van der Waals surface area (Å²) in [5, 5.41) is 6.29. The minimum absolute atomic E-state index is 0.223. The van der Waals surface area contributed by atoms with Crippen molar-refractivity contribution in [1.82, 2.24) is 5.43 Å². The summed E-state index contributed by atoms with van der Waals surface area (Å²) in [5.74, 6) is -1.78. The molecule has 0 atom stereocenters. The first-order valence-electron chi connectivity index (χ1n) is 9.72. The van der Waals surface area contributed by atoms with Crippen molar-refractivity contribution in [2.24, 2.45) is 5.10 Å². The van der Waals surface area contributed by atoms with Crippen LogP contribution < -0.4 is 20.2 Å². The number of aryl methyl sites for hydroxylation is 1. The summed E-state index contributed by atoms with van der Waals surface area (Å²) in [6.07, 6.45) is 1.33. The number of nitrogens with zero attached hydrogens (tertiary/aromatic N) is 1. The van der Waals surface area contributed by atoms with Crippen molar-refractivity contribution in [2.45, 2.75) is 6.92 Å². The van der Waals surface area contributed by atoms with Gasteiger partial charge in [0, 0.05) is 10.2 Å². The number of hydrogen-bond donors (Lipinski definition) is 2. The number of methoxy groups -OCH3 is 1. The van der Waals surface area contributed by atoms with Gasteiger partial charge in [-0.15, -0.1) is 0 Å². The Morgan fingerprint density at radius 2 is 1.73 bits per heavy atom. The maximum Gasteiger partial charge on any atom is 0.343 e. The second-order valence-corrected chi connectivity index (χ2v) is 7.75. The molecular formula is C24H20BrN3O5. The molecule has 9 heteroatoms. The number of nitrogens with one attached hydrogen (secondary N) is 2. The molecular weight excluding hydrogens is 490 g/mol. The lowest BCUT2D eigenvalue weighted by Gasteiger charge is -2.10. The van der Waals surface area contributed by atoms with Crippen LogP contribution in [-0.4, -0.2) is 31.1 Å². The molecule has 8 nitrogen and oxygen atoms in total. The summed E-state index contributed by atoms with van der Waals surface area (Å²) in [6.45, 7) is 1.88. The maximum atomic E-state index is 12.4. The van der Waals surface area contributed by atoms with E-state index in [1.807, 2.05) is 13.0 Å². The second kappa shape index (κ2) is 11.1. The van der Waals surface area contributed by atoms with Crippen LogP contribution >= 0.6 is 15.9 Å². The molecule has 33 heavy (non-hydrogen) atoms. The number of rotatable bonds is 6. The van der Waals surface area contributed by atoms with Gasteiger partial charge in [-0.05, 0) is 66.6 Å². The molecule has 0 aliphatic rings. The third kappa shape index (κ3) is 6.75. The van der Waals surface area contributed by atoms with Crippen LogP contribution in [0.3, 0.4) is 0 Å². The predicted molar refractivity (Wildman–Crippen MR) is 128 cm³/mol. The zero-order valence-electron chi connectivity index (χ0n) is 17.8. The summed E-state index contributed by atoms with van der Waals surface area (Å²) in [5.41, 5.74) is 4.55. The standard InChI is InChI=1S/C24H20BrN3O5/c1-15-5-3-8-19(11-15)27-22(29)23(30)28-26-14-16-9-10-20(21(12-16)32-2)33-24(31)17-6-4-7-18(25)13-17/h3-14H,1-2H3,(H,27,29)(H,28,30)/b26-14-. The van der Waals surface area contributed by atoms with Gasteiger partial charge in [-0.2, -0.15) is 5.10 Å². The fourth-order valence-electron chi connectivity index (χ4n) is 2.75. The van der Waals surface area contributed by atoms with E-state index in [2.05, 4.69) is 31.8 Å². The number of halogens is 1. The third-order valence-electron chi connectivity index (χ3n) is 4.31. The topological polar surface area (TPSA) is 106 Å². The summed E-state index contributed by atoms with van der Waals surface area (Å²) in [6, 6.07) is 18.6. The lowest BCUT2D eigenvalue weighted by molar-refractivity contribution is -0.136. The van der Waals surface area contributed by atoms with E-state index in [-0.39, 0.29) is 5.75 Å². The number of carbonyl (C=O) groups excluding carboxylic acids is 3. The first kappa shape index (κ1) is 23.7. The van der Waals surface area contributed by atoms with Crippen LogP contribution in [0.5, 0.6) is 11.5 Å². The Labute approximate surface area is 198 Å². The lowest BCUT2D eigenvalue weighted by atomic mass is 10.2. The number of carbonyl (C=O) groups is 3. The molecule has 0 unspecified atom stereocenters. The summed E-state index contributed by atoms with van der Waals surface area (Å²) in [7, 11) is 1.43. The van der Waals surface area contributed by atoms with E-state index in [0.717, 1.165) is 10.0 Å². The molecule has 3 rings (SSSR count). The molecule has 3 aromatic carbocycles. The molecule has 2 amide bonds. The monoisotopic (exact) mass is 509 g/mol. The Balaban J connectivity index is 1.61. The van der Waals surface area contributed by atoms with Crippen LogP contribution in [0, 0.1) is 6.92 Å². The smallest absolute Gasteiger partial charge is 0.343 e. The van der Waals surface area contributed by atoms with E-state index < -0.39 is 17.8 Å². The van der Waals surface area contributed by atoms with Crippen molar-refractivity contribution in [1.29, 1.82) is 0 Å². The number of amides is 2. The Morgan fingerprint density at radius 3 is 2.45 bits per heavy atom. The molecule has 0 saturated carbocycles. The average Bonchev–Trinajstić information content (AvgIpc) is 2.79. The lowest BCUT2D eigenvalue weighted by Crippen LogP contribution is -2.32. The number of hydrazone groups is 1. The molecule has 0 aliphatic heterocycles. The highest BCUT2D eigenvalue weighted by Gasteiger charge is 2.14. The van der Waals surface area contributed by atoms with Crippen molar-refractivity contribution in [3.63, 3.8) is 0 Å². The normalized spacial score (nSPS) is 10.5. The molecule has 0 saturated heterocycles. The van der Waals surface area contributed by atoms with Crippen LogP contribution in [-0.2, 0) is 9.59 Å². The maximum absolute atomic E-state index is 12.4. The van der Waals surface area contributed by atoms with E-state index in [1.54, 1.807) is 60.7 Å². The minimum Gasteiger partial charge on any atom is -0.493 e. The quantitative estimate of drug-likeness (QED) is 0.171. The largest absolute Gasteiger partial charge is 0.493 e. The molecule has 0 aromatic heterocycles. The van der Waals surface area contributed by atoms with Gasteiger partial charge in [-0.1, -0.05) is 34.1 Å². The van der Waals surface area contributed by atoms with Crippen molar-refractivity contribution in [3.8, 4) is 11.5 Å². The molecule has 0 aliphatic carbocycles. The van der Waals surface area contributed by atoms with Crippen molar-refractivity contribution in [2.75, 3.05) is 12.4 Å². The number of ether oxygens (including phenoxy) is 2. The van der Waals surface area contributed by atoms with E-state index in [4.69, 9.17) is 9.47 Å². The Hall–Kier alpha value is -3.98. The van der Waals surface area contributed by atoms with Crippen molar-refractivity contribution < 1.29 is 23.9 Å². The highest BCUT2D eigenvalue weighted by molar-refractivity contribution is 9.10. The average molecular weight is 510 g/mol. The van der Waals surface area contributed by atoms with Crippen LogP contribution in [0.25, 0.3) is 0 Å². The van der Waals surface area contributed by atoms with E-state index in [1.165, 1.54) is 13.3 Å². The van der Waals surface area contributed by atoms with E-state index in [9.17, 15) is 14.4 Å². The Morgan fingerprint density at radius 1 is 0.939 bits per heavy atom. The molecule has 0 fully saturated rings. The van der Waals surface area contributed by atoms with Gasteiger partial charge in [-0.3, -0.25) is 9.59 Å². The number of hydrogen-bond acceptors (Lipinski definition) is 6. The van der Waals surface area contributed by atoms with Gasteiger partial charge in [0.05, 0.1) is 18.9 Å². The van der Waals surface area contributed by atoms with Gasteiger partial charge in [0.1, 0.15) is 0 Å². The van der Waals surface area contributed by atoms with Crippen LogP contribution in [0.4, 0.5) is 5.69 Å². The van der Waals surface area contributed by atoms with Crippen molar-refractivity contribution >= 4 is 45.6 Å². The van der Waals surface area contributed by atoms with E-state index in [0.29, 0.717) is 22.6 Å². The first-order chi connectivity index (χ1) is 15.9. The van der Waals surface area contributed by atoms with Gasteiger partial charge in [0.15, 0.2) is 11.5 Å². The summed E-state index contributed by atoms with van der Waals surface area (Å²) in [4.78, 5) is 36.3. The van der Waals surface area contributed by atoms with Gasteiger partial charge in [-0.25, -0.2) is 10.2 Å². The highest BCUT2D eigenvalue weighted by atomic mass is 79.9. The fourth-order valence-corrected chi connectivity index (χ4v) is 3.15. The number of benzene rings is 3. The fraction of sp³-hybridized carbons (Fsp3) is 0.0833. The zero-order valence-corrected chi connectivity index (χ0v) is 19.4. The van der Waals surface area contributed by atoms with E-state index >= 15 is 0 Å². The molecule has 0 radical (unpaired) electrons. The van der Waals surface area contributed by atoms with Gasteiger partial charge < -0.3 is 14.8 Å². The second-order valence-electron chi connectivity index (χ2n) is 6.83. The number of esters is 1. The number of anilines is 1. The van der Waals surface area contributed by atoms with Crippen LogP contribution in [0.2, 0.25) is 0 Å². The third-order valence-corrected chi connectivity index (χ3v) is 4.81. The molecule has 2 N–H and O–H groups in total. The zero-order chi connectivity index (χ0) is 23.8. The molecule has 0 spiro atoms. The SMILES string of the molecule is COc1cc(/C=N\NC(=O)C(=O)Nc2cccc(C)c2)ccc1OC(=O)c1cccc(Br)c1. The van der Waals surface area contributed by atoms with Gasteiger partial charge in [0.25, 0.3) is 0 Å². The summed E-state index contributed by atoms with van der Waals surface area (Å²) >= 11 is 3.31. The summed E-state index contributed by atoms with van der Waals surface area (Å²) < 4.78 is 11.5. The molecule has 3 aromatic rings. The van der Waals surface area contributed by atoms with Crippen LogP contribution in [0.15, 0.2) is 76.3 Å². The van der Waals surface area contributed by atoms with Crippen molar-refractivity contribution in [3.05, 3.63) is 87.9 Å². The minimum atomic E-state index is -0.917. The Bertz CT molecular complexity index is 1230. The Kier molecular flexibility index (Phi) is 7.93. The predicted octanol–water partition coefficient (Wildman–Crippen LogP) is 4.07. The molecule has 168 valence electrons. The molecule has 0 bridgehead atoms. The van der Waals surface area contributed by atoms with Crippen LogP contribution in [0.1, 0.15) is 21.5 Å². The molecule has 0 heterocycles.